The molecule has 1 aromatic carbocycles. The number of hydrogen-bond donors (Lipinski definition) is 0. The summed E-state index contributed by atoms with van der Waals surface area (Å²) in [5, 5.41) is 0. The van der Waals surface area contributed by atoms with E-state index < -0.39 is 10.8 Å². The number of rotatable bonds is 5. The molecule has 0 aliphatic rings. The Hall–Kier alpha value is -0.780. The van der Waals surface area contributed by atoms with Gasteiger partial charge in [0.1, 0.15) is 0 Å². The van der Waals surface area contributed by atoms with Crippen LogP contribution in [0.4, 0.5) is 0 Å². The highest BCUT2D eigenvalue weighted by Crippen LogP contribution is 2.22. The molecule has 2 aromatic rings. The molecule has 2 nitrogen and oxygen atoms in total. The molecule has 100 valence electrons. The number of halogens is 1. The highest BCUT2D eigenvalue weighted by atomic mass is 79.9. The molecule has 0 bridgehead atoms. The molecular weight excluding hydrogens is 344 g/mol. The van der Waals surface area contributed by atoms with Crippen molar-refractivity contribution in [3.8, 4) is 0 Å². The average molecular weight is 357 g/mol. The van der Waals surface area contributed by atoms with E-state index in [0.29, 0.717) is 9.77 Å². The zero-order valence-corrected chi connectivity index (χ0v) is 13.6. The Kier molecular flexibility index (Phi) is 5.07. The first-order valence-electron chi connectivity index (χ1n) is 5.86. The Bertz CT molecular complexity index is 619. The number of ketones is 1. The molecule has 2 rings (SSSR count). The van der Waals surface area contributed by atoms with E-state index in [0.717, 1.165) is 10.9 Å². The van der Waals surface area contributed by atoms with Crippen LogP contribution >= 0.6 is 27.3 Å². The van der Waals surface area contributed by atoms with Crippen molar-refractivity contribution in [2.45, 2.75) is 18.2 Å². The quantitative estimate of drug-likeness (QED) is 0.756. The molecule has 0 aliphatic heterocycles. The van der Waals surface area contributed by atoms with Crippen molar-refractivity contribution in [2.75, 3.05) is 5.75 Å². The maximum Gasteiger partial charge on any atom is 0.185 e. The second-order valence-electron chi connectivity index (χ2n) is 3.96. The Morgan fingerprint density at radius 1 is 1.26 bits per heavy atom. The fourth-order valence-electron chi connectivity index (χ4n) is 1.62. The summed E-state index contributed by atoms with van der Waals surface area (Å²) in [4.78, 5) is 14.6. The topological polar surface area (TPSA) is 34.1 Å². The minimum atomic E-state index is -1.31. The number of benzene rings is 1. The molecule has 0 saturated heterocycles. The van der Waals surface area contributed by atoms with Gasteiger partial charge in [-0.05, 0) is 46.6 Å². The van der Waals surface area contributed by atoms with Crippen molar-refractivity contribution < 1.29 is 9.00 Å². The zero-order valence-electron chi connectivity index (χ0n) is 10.4. The minimum absolute atomic E-state index is 0.0340. The first-order valence-corrected chi connectivity index (χ1v) is 8.79. The predicted octanol–water partition coefficient (Wildman–Crippen LogP) is 4.06. The van der Waals surface area contributed by atoms with Crippen LogP contribution < -0.4 is 0 Å². The maximum atomic E-state index is 12.2. The Morgan fingerprint density at radius 2 is 2.00 bits per heavy atom. The third-order valence-corrected chi connectivity index (χ3v) is 6.22. The number of thiophene rings is 1. The van der Waals surface area contributed by atoms with Crippen molar-refractivity contribution in [3.05, 3.63) is 50.6 Å². The van der Waals surface area contributed by atoms with E-state index in [9.17, 15) is 9.00 Å². The standard InChI is InChI=1S/C14H13BrO2S2/c1-2-10-7-8-13(18-10)12(16)9-19(17)14-6-4-3-5-11(14)15/h3-8H,2,9H2,1H3. The van der Waals surface area contributed by atoms with Crippen molar-refractivity contribution in [3.63, 3.8) is 0 Å². The maximum absolute atomic E-state index is 12.2. The third kappa shape index (κ3) is 3.61. The molecule has 0 radical (unpaired) electrons. The fraction of sp³-hybridized carbons (Fsp3) is 0.214. The lowest BCUT2D eigenvalue weighted by molar-refractivity contribution is 0.102. The molecule has 19 heavy (non-hydrogen) atoms. The molecule has 0 aliphatic carbocycles. The molecule has 1 unspecified atom stereocenters. The van der Waals surface area contributed by atoms with E-state index in [1.54, 1.807) is 6.07 Å². The van der Waals surface area contributed by atoms with Crippen LogP contribution in [-0.4, -0.2) is 15.7 Å². The van der Waals surface area contributed by atoms with E-state index >= 15 is 0 Å². The predicted molar refractivity (Wildman–Crippen MR) is 83.4 cm³/mol. The van der Waals surface area contributed by atoms with Gasteiger partial charge in [0.15, 0.2) is 5.78 Å². The lowest BCUT2D eigenvalue weighted by Gasteiger charge is -2.03. The van der Waals surface area contributed by atoms with Gasteiger partial charge in [0.2, 0.25) is 0 Å². The number of carbonyl (C=O) groups is 1. The number of carbonyl (C=O) groups excluding carboxylic acids is 1. The third-order valence-electron chi connectivity index (χ3n) is 2.63. The van der Waals surface area contributed by atoms with Gasteiger partial charge in [0.05, 0.1) is 26.3 Å². The summed E-state index contributed by atoms with van der Waals surface area (Å²) < 4.78 is 13.0. The summed E-state index contributed by atoms with van der Waals surface area (Å²) >= 11 is 4.84. The van der Waals surface area contributed by atoms with Gasteiger partial charge in [-0.1, -0.05) is 19.1 Å². The van der Waals surface area contributed by atoms with E-state index in [-0.39, 0.29) is 11.5 Å². The molecule has 0 N–H and O–H groups in total. The monoisotopic (exact) mass is 356 g/mol. The fourth-order valence-corrected chi connectivity index (χ4v) is 4.48. The number of aryl methyl sites for hydroxylation is 1. The van der Waals surface area contributed by atoms with Crippen LogP contribution in [0.5, 0.6) is 0 Å². The lowest BCUT2D eigenvalue weighted by atomic mass is 10.3. The van der Waals surface area contributed by atoms with Gasteiger partial charge in [-0.2, -0.15) is 0 Å². The molecule has 1 atom stereocenters. The van der Waals surface area contributed by atoms with E-state index in [1.165, 1.54) is 16.2 Å². The smallest absolute Gasteiger partial charge is 0.185 e. The summed E-state index contributed by atoms with van der Waals surface area (Å²) in [7, 11) is -1.31. The number of Topliss-reactive ketones (excluding diaryl/α,β-unsaturated/α-hetero) is 1. The first kappa shape index (κ1) is 14.6. The number of hydrogen-bond acceptors (Lipinski definition) is 3. The van der Waals surface area contributed by atoms with E-state index in [1.807, 2.05) is 30.3 Å². The second kappa shape index (κ2) is 6.59. The lowest BCUT2D eigenvalue weighted by Crippen LogP contribution is -2.10. The van der Waals surface area contributed by atoms with Gasteiger partial charge in [-0.25, -0.2) is 0 Å². The second-order valence-corrected chi connectivity index (χ2v) is 7.41. The van der Waals surface area contributed by atoms with Crippen LogP contribution in [-0.2, 0) is 17.2 Å². The van der Waals surface area contributed by atoms with E-state index in [4.69, 9.17) is 0 Å². The largest absolute Gasteiger partial charge is 0.292 e. The van der Waals surface area contributed by atoms with Crippen LogP contribution in [0.1, 0.15) is 21.5 Å². The molecule has 0 fully saturated rings. The molecule has 1 heterocycles. The Morgan fingerprint density at radius 3 is 2.63 bits per heavy atom. The SMILES string of the molecule is CCc1ccc(C(=O)CS(=O)c2ccccc2Br)s1. The normalized spacial score (nSPS) is 12.3. The van der Waals surface area contributed by atoms with Gasteiger partial charge < -0.3 is 0 Å². The summed E-state index contributed by atoms with van der Waals surface area (Å²) in [6, 6.07) is 11.1. The summed E-state index contributed by atoms with van der Waals surface area (Å²) in [6.07, 6.45) is 0.922. The van der Waals surface area contributed by atoms with Crippen LogP contribution in [0.2, 0.25) is 0 Å². The molecule has 0 spiro atoms. The van der Waals surface area contributed by atoms with Crippen molar-refractivity contribution in [1.29, 1.82) is 0 Å². The summed E-state index contributed by atoms with van der Waals surface area (Å²) in [5.41, 5.74) is 0. The van der Waals surface area contributed by atoms with Crippen LogP contribution in [0.15, 0.2) is 45.8 Å². The van der Waals surface area contributed by atoms with Gasteiger partial charge >= 0.3 is 0 Å². The highest BCUT2D eigenvalue weighted by Gasteiger charge is 2.15. The van der Waals surface area contributed by atoms with Gasteiger partial charge in [0, 0.05) is 9.35 Å². The molecule has 5 heteroatoms. The molecular formula is C14H13BrO2S2. The van der Waals surface area contributed by atoms with Gasteiger partial charge in [0.25, 0.3) is 0 Å². The molecule has 0 amide bonds. The first-order chi connectivity index (χ1) is 9.11. The van der Waals surface area contributed by atoms with Crippen LogP contribution in [0, 0.1) is 0 Å². The van der Waals surface area contributed by atoms with Gasteiger partial charge in [-0.3, -0.25) is 9.00 Å². The van der Waals surface area contributed by atoms with Crippen molar-refractivity contribution >= 4 is 43.8 Å². The van der Waals surface area contributed by atoms with Crippen molar-refractivity contribution in [1.82, 2.24) is 0 Å². The van der Waals surface area contributed by atoms with Crippen LogP contribution in [0.3, 0.4) is 0 Å². The van der Waals surface area contributed by atoms with Crippen LogP contribution in [0.25, 0.3) is 0 Å². The zero-order chi connectivity index (χ0) is 13.8. The highest BCUT2D eigenvalue weighted by molar-refractivity contribution is 9.10. The minimum Gasteiger partial charge on any atom is -0.292 e. The summed E-state index contributed by atoms with van der Waals surface area (Å²) in [5.74, 6) is -0.0227. The molecule has 0 saturated carbocycles. The Labute approximate surface area is 127 Å². The molecule has 1 aromatic heterocycles. The van der Waals surface area contributed by atoms with E-state index in [2.05, 4.69) is 22.9 Å². The van der Waals surface area contributed by atoms with Crippen molar-refractivity contribution in [2.24, 2.45) is 0 Å². The van der Waals surface area contributed by atoms with Gasteiger partial charge in [-0.15, -0.1) is 11.3 Å². The summed E-state index contributed by atoms with van der Waals surface area (Å²) in [6.45, 7) is 2.05. The Balaban J connectivity index is 2.11. The average Bonchev–Trinajstić information content (AvgIpc) is 2.88.